The van der Waals surface area contributed by atoms with Crippen LogP contribution in [0.1, 0.15) is 38.6 Å². The first-order valence-corrected chi connectivity index (χ1v) is 9.81. The lowest BCUT2D eigenvalue weighted by Gasteiger charge is -2.15. The number of nitrogens with zero attached hydrogens (tertiary/aromatic N) is 1. The molecule has 9 heteroatoms. The van der Waals surface area contributed by atoms with E-state index in [1.54, 1.807) is 24.3 Å². The highest BCUT2D eigenvalue weighted by molar-refractivity contribution is 7.10. The average Bonchev–Trinajstić information content (AvgIpc) is 3.23. The van der Waals surface area contributed by atoms with E-state index in [9.17, 15) is 19.7 Å². The number of nitro groups is 1. The summed E-state index contributed by atoms with van der Waals surface area (Å²) in [6.45, 7) is 1.88. The van der Waals surface area contributed by atoms with E-state index in [-0.39, 0.29) is 28.2 Å². The molecular weight excluding hydrogens is 414 g/mol. The molecule has 2 N–H and O–H groups in total. The molecule has 7 nitrogen and oxygen atoms in total. The molecule has 1 aromatic heterocycles. The molecule has 3 aromatic rings. The number of halogens is 1. The summed E-state index contributed by atoms with van der Waals surface area (Å²) in [5.41, 5.74) is 0.457. The molecule has 0 spiro atoms. The number of nitro benzene ring substituents is 1. The minimum Gasteiger partial charge on any atom is -0.345 e. The number of non-ortho nitro benzene ring substituents is 1. The summed E-state index contributed by atoms with van der Waals surface area (Å²) in [6, 6.07) is 13.8. The molecule has 0 aliphatic carbocycles. The van der Waals surface area contributed by atoms with Crippen molar-refractivity contribution in [2.45, 2.75) is 13.0 Å². The van der Waals surface area contributed by atoms with Crippen LogP contribution in [-0.4, -0.2) is 16.7 Å². The monoisotopic (exact) mass is 429 g/mol. The lowest BCUT2D eigenvalue weighted by Crippen LogP contribution is -2.27. The van der Waals surface area contributed by atoms with Crippen molar-refractivity contribution in [3.63, 3.8) is 0 Å². The molecule has 3 rings (SSSR count). The fourth-order valence-electron chi connectivity index (χ4n) is 2.66. The number of benzene rings is 2. The highest BCUT2D eigenvalue weighted by Crippen LogP contribution is 2.25. The fourth-order valence-corrected chi connectivity index (χ4v) is 3.66. The van der Waals surface area contributed by atoms with Gasteiger partial charge in [-0.3, -0.25) is 19.7 Å². The second-order valence-corrected chi connectivity index (χ2v) is 7.52. The zero-order chi connectivity index (χ0) is 21.0. The lowest BCUT2D eigenvalue weighted by molar-refractivity contribution is -0.384. The summed E-state index contributed by atoms with van der Waals surface area (Å²) in [4.78, 5) is 36.6. The maximum atomic E-state index is 12.7. The van der Waals surface area contributed by atoms with E-state index in [0.717, 1.165) is 10.9 Å². The van der Waals surface area contributed by atoms with E-state index >= 15 is 0 Å². The van der Waals surface area contributed by atoms with Crippen LogP contribution in [0.3, 0.4) is 0 Å². The summed E-state index contributed by atoms with van der Waals surface area (Å²) in [6.07, 6.45) is 0. The highest BCUT2D eigenvalue weighted by Gasteiger charge is 2.19. The Hall–Kier alpha value is -3.23. The van der Waals surface area contributed by atoms with Crippen LogP contribution < -0.4 is 10.6 Å². The fraction of sp³-hybridized carbons (Fsp3) is 0.100. The van der Waals surface area contributed by atoms with E-state index in [2.05, 4.69) is 10.6 Å². The third-order valence-corrected chi connectivity index (χ3v) is 5.51. The number of carbonyl (C=O) groups is 2. The van der Waals surface area contributed by atoms with Crippen LogP contribution in [0.25, 0.3) is 0 Å². The molecule has 2 aromatic carbocycles. The molecule has 0 saturated heterocycles. The Morgan fingerprint density at radius 1 is 1.07 bits per heavy atom. The Morgan fingerprint density at radius 3 is 2.48 bits per heavy atom. The van der Waals surface area contributed by atoms with Crippen molar-refractivity contribution in [3.05, 3.63) is 91.1 Å². The van der Waals surface area contributed by atoms with E-state index < -0.39 is 10.8 Å². The Labute approximate surface area is 175 Å². The van der Waals surface area contributed by atoms with Gasteiger partial charge in [0.05, 0.1) is 32.8 Å². The Kier molecular flexibility index (Phi) is 6.26. The SMILES string of the molecule is CC(NC(=O)c1ccccc1NC(=O)c1ccc([N+](=O)[O-])cc1Cl)c1cccs1. The number of amides is 2. The number of para-hydroxylation sites is 1. The van der Waals surface area contributed by atoms with Crippen LogP contribution in [-0.2, 0) is 0 Å². The number of hydrogen-bond acceptors (Lipinski definition) is 5. The minimum absolute atomic E-state index is 0.0510. The van der Waals surface area contributed by atoms with Crippen molar-refractivity contribution < 1.29 is 14.5 Å². The standard InChI is InChI=1S/C20H16ClN3O4S/c1-12(18-7-4-10-29-18)22-20(26)15-5-2-3-6-17(15)23-19(25)14-9-8-13(24(27)28)11-16(14)21/h2-12H,1H3,(H,22,26)(H,23,25). The number of anilines is 1. The van der Waals surface area contributed by atoms with Crippen molar-refractivity contribution in [2.24, 2.45) is 0 Å². The molecule has 2 amide bonds. The average molecular weight is 430 g/mol. The van der Waals surface area contributed by atoms with E-state index in [1.165, 1.54) is 23.5 Å². The Morgan fingerprint density at radius 2 is 1.83 bits per heavy atom. The molecule has 0 saturated carbocycles. The maximum Gasteiger partial charge on any atom is 0.270 e. The molecule has 29 heavy (non-hydrogen) atoms. The van der Waals surface area contributed by atoms with Crippen molar-refractivity contribution in [2.75, 3.05) is 5.32 Å². The molecule has 1 heterocycles. The molecule has 0 aliphatic rings. The largest absolute Gasteiger partial charge is 0.345 e. The third-order valence-electron chi connectivity index (χ3n) is 4.15. The van der Waals surface area contributed by atoms with Crippen LogP contribution in [0, 0.1) is 10.1 Å². The van der Waals surface area contributed by atoms with Gasteiger partial charge in [-0.2, -0.15) is 0 Å². The van der Waals surface area contributed by atoms with Gasteiger partial charge in [-0.25, -0.2) is 0 Å². The van der Waals surface area contributed by atoms with Crippen molar-refractivity contribution in [1.29, 1.82) is 0 Å². The van der Waals surface area contributed by atoms with Gasteiger partial charge in [0, 0.05) is 17.0 Å². The summed E-state index contributed by atoms with van der Waals surface area (Å²) < 4.78 is 0. The summed E-state index contributed by atoms with van der Waals surface area (Å²) in [5, 5.41) is 18.3. The van der Waals surface area contributed by atoms with Gasteiger partial charge in [0.1, 0.15) is 0 Å². The van der Waals surface area contributed by atoms with E-state index in [4.69, 9.17) is 11.6 Å². The lowest BCUT2D eigenvalue weighted by atomic mass is 10.1. The van der Waals surface area contributed by atoms with Crippen molar-refractivity contribution in [3.8, 4) is 0 Å². The molecule has 0 aliphatic heterocycles. The van der Waals surface area contributed by atoms with E-state index in [1.807, 2.05) is 24.4 Å². The molecule has 0 radical (unpaired) electrons. The summed E-state index contributed by atoms with van der Waals surface area (Å²) >= 11 is 7.56. The van der Waals surface area contributed by atoms with Crippen molar-refractivity contribution in [1.82, 2.24) is 5.32 Å². The van der Waals surface area contributed by atoms with Crippen LogP contribution in [0.2, 0.25) is 5.02 Å². The Bertz CT molecular complexity index is 1070. The molecular formula is C20H16ClN3O4S. The predicted molar refractivity (Wildman–Crippen MR) is 113 cm³/mol. The van der Waals surface area contributed by atoms with Gasteiger partial charge >= 0.3 is 0 Å². The first-order chi connectivity index (χ1) is 13.9. The molecule has 1 atom stereocenters. The molecule has 0 bridgehead atoms. The van der Waals surface area contributed by atoms with Gasteiger partial charge in [-0.05, 0) is 36.6 Å². The number of thiophene rings is 1. The zero-order valence-electron chi connectivity index (χ0n) is 15.2. The quantitative estimate of drug-likeness (QED) is 0.422. The predicted octanol–water partition coefficient (Wildman–Crippen LogP) is 5.05. The van der Waals surface area contributed by atoms with Crippen LogP contribution in [0.4, 0.5) is 11.4 Å². The first-order valence-electron chi connectivity index (χ1n) is 8.55. The van der Waals surface area contributed by atoms with Gasteiger partial charge in [0.25, 0.3) is 17.5 Å². The smallest absolute Gasteiger partial charge is 0.270 e. The molecule has 148 valence electrons. The summed E-state index contributed by atoms with van der Waals surface area (Å²) in [7, 11) is 0. The second-order valence-electron chi connectivity index (χ2n) is 6.13. The molecule has 1 unspecified atom stereocenters. The number of nitrogens with one attached hydrogen (secondary N) is 2. The Balaban J connectivity index is 1.79. The second kappa shape index (κ2) is 8.85. The van der Waals surface area contributed by atoms with Crippen molar-refractivity contribution >= 4 is 46.1 Å². The van der Waals surface area contributed by atoms with Gasteiger partial charge in [0.15, 0.2) is 0 Å². The number of carbonyl (C=O) groups excluding carboxylic acids is 2. The maximum absolute atomic E-state index is 12.7. The van der Waals surface area contributed by atoms with Gasteiger partial charge in [0.2, 0.25) is 0 Å². The van der Waals surface area contributed by atoms with Crippen LogP contribution >= 0.6 is 22.9 Å². The van der Waals surface area contributed by atoms with Crippen LogP contribution in [0.15, 0.2) is 60.0 Å². The van der Waals surface area contributed by atoms with Crippen LogP contribution in [0.5, 0.6) is 0 Å². The minimum atomic E-state index is -0.595. The topological polar surface area (TPSA) is 101 Å². The van der Waals surface area contributed by atoms with Gasteiger partial charge < -0.3 is 10.6 Å². The van der Waals surface area contributed by atoms with Gasteiger partial charge in [-0.15, -0.1) is 11.3 Å². The first kappa shape index (κ1) is 20.5. The normalized spacial score (nSPS) is 11.5. The zero-order valence-corrected chi connectivity index (χ0v) is 16.8. The number of rotatable bonds is 6. The van der Waals surface area contributed by atoms with E-state index in [0.29, 0.717) is 11.3 Å². The molecule has 0 fully saturated rings. The number of hydrogen-bond donors (Lipinski definition) is 2. The third kappa shape index (κ3) is 4.79. The highest BCUT2D eigenvalue weighted by atomic mass is 35.5. The van der Waals surface area contributed by atoms with Gasteiger partial charge in [-0.1, -0.05) is 29.8 Å². The summed E-state index contributed by atoms with van der Waals surface area (Å²) in [5.74, 6) is -0.909.